The highest BCUT2D eigenvalue weighted by Crippen LogP contribution is 2.30. The summed E-state index contributed by atoms with van der Waals surface area (Å²) in [7, 11) is 0. The van der Waals surface area contributed by atoms with Crippen LogP contribution in [0.2, 0.25) is 0 Å². The maximum atomic E-state index is 11.9. The number of rotatable bonds is 4. The Kier molecular flexibility index (Phi) is 4.78. The molecule has 1 heterocycles. The fourth-order valence-corrected chi connectivity index (χ4v) is 2.67. The predicted molar refractivity (Wildman–Crippen MR) is 82.6 cm³/mol. The smallest absolute Gasteiger partial charge is 0.243 e. The molecule has 4 heteroatoms. The van der Waals surface area contributed by atoms with Gasteiger partial charge in [0.1, 0.15) is 0 Å². The van der Waals surface area contributed by atoms with E-state index in [0.29, 0.717) is 12.8 Å². The maximum Gasteiger partial charge on any atom is 0.243 e. The van der Waals surface area contributed by atoms with Crippen LogP contribution in [0.4, 0.5) is 0 Å². The molecule has 21 heavy (non-hydrogen) atoms. The molecule has 1 aromatic rings. The second-order valence-corrected chi connectivity index (χ2v) is 6.90. The summed E-state index contributed by atoms with van der Waals surface area (Å²) >= 11 is 0. The predicted octanol–water partition coefficient (Wildman–Crippen LogP) is 2.56. The van der Waals surface area contributed by atoms with Crippen LogP contribution in [0.1, 0.15) is 51.6 Å². The lowest BCUT2D eigenvalue weighted by Gasteiger charge is -2.31. The second-order valence-electron chi connectivity index (χ2n) is 6.90. The number of hydrogen-bond acceptors (Lipinski definition) is 3. The van der Waals surface area contributed by atoms with Crippen molar-refractivity contribution in [2.75, 3.05) is 0 Å². The number of imide groups is 1. The zero-order chi connectivity index (χ0) is 15.5. The van der Waals surface area contributed by atoms with E-state index < -0.39 is 0 Å². The first-order chi connectivity index (χ1) is 9.85. The Hall–Kier alpha value is -1.68. The van der Waals surface area contributed by atoms with Gasteiger partial charge in [0.05, 0.1) is 6.04 Å². The Labute approximate surface area is 126 Å². The molecule has 2 N–H and O–H groups in total. The van der Waals surface area contributed by atoms with Crippen LogP contribution >= 0.6 is 0 Å². The van der Waals surface area contributed by atoms with Crippen molar-refractivity contribution in [3.63, 3.8) is 0 Å². The Balaban J connectivity index is 2.13. The molecule has 1 aliphatic heterocycles. The van der Waals surface area contributed by atoms with Gasteiger partial charge in [0.15, 0.2) is 0 Å². The topological polar surface area (TPSA) is 58.2 Å². The van der Waals surface area contributed by atoms with Gasteiger partial charge in [-0.25, -0.2) is 0 Å². The first kappa shape index (κ1) is 15.7. The second kappa shape index (κ2) is 6.39. The molecule has 0 aromatic heterocycles. The molecular weight excluding hydrogens is 264 g/mol. The van der Waals surface area contributed by atoms with Crippen LogP contribution in [0.25, 0.3) is 0 Å². The van der Waals surface area contributed by atoms with Gasteiger partial charge in [0.2, 0.25) is 11.8 Å². The van der Waals surface area contributed by atoms with Crippen LogP contribution in [-0.4, -0.2) is 17.9 Å². The van der Waals surface area contributed by atoms with Crippen molar-refractivity contribution in [2.24, 2.45) is 5.41 Å². The monoisotopic (exact) mass is 288 g/mol. The van der Waals surface area contributed by atoms with Crippen molar-refractivity contribution in [3.8, 4) is 0 Å². The van der Waals surface area contributed by atoms with Crippen LogP contribution in [0.15, 0.2) is 30.3 Å². The zero-order valence-corrected chi connectivity index (χ0v) is 13.0. The summed E-state index contributed by atoms with van der Waals surface area (Å²) in [6.07, 6.45) is 1.90. The van der Waals surface area contributed by atoms with E-state index in [4.69, 9.17) is 0 Å². The molecule has 0 bridgehead atoms. The van der Waals surface area contributed by atoms with Crippen molar-refractivity contribution < 1.29 is 9.59 Å². The number of carbonyl (C=O) groups excluding carboxylic acids is 2. The minimum Gasteiger partial charge on any atom is -0.299 e. The first-order valence-corrected chi connectivity index (χ1v) is 7.50. The Morgan fingerprint density at radius 2 is 1.90 bits per heavy atom. The summed E-state index contributed by atoms with van der Waals surface area (Å²) in [5, 5.41) is 5.84. The van der Waals surface area contributed by atoms with E-state index in [0.717, 1.165) is 6.42 Å². The lowest BCUT2D eigenvalue weighted by Crippen LogP contribution is -2.51. The Morgan fingerprint density at radius 1 is 1.24 bits per heavy atom. The summed E-state index contributed by atoms with van der Waals surface area (Å²) in [5.41, 5.74) is 1.33. The van der Waals surface area contributed by atoms with Gasteiger partial charge in [-0.2, -0.15) is 0 Å². The van der Waals surface area contributed by atoms with Crippen molar-refractivity contribution in [2.45, 2.75) is 52.1 Å². The summed E-state index contributed by atoms with van der Waals surface area (Å²) < 4.78 is 0. The number of nitrogens with one attached hydrogen (secondary N) is 2. The average molecular weight is 288 g/mol. The fraction of sp³-hybridized carbons (Fsp3) is 0.529. The minimum absolute atomic E-state index is 0.107. The molecule has 1 aromatic carbocycles. The molecule has 2 rings (SSSR count). The minimum atomic E-state index is -0.296. The summed E-state index contributed by atoms with van der Waals surface area (Å²) in [4.78, 5) is 23.2. The molecule has 0 spiro atoms. The molecular formula is C17H24N2O2. The van der Waals surface area contributed by atoms with Gasteiger partial charge in [-0.1, -0.05) is 51.1 Å². The molecule has 2 unspecified atom stereocenters. The van der Waals surface area contributed by atoms with E-state index >= 15 is 0 Å². The van der Waals surface area contributed by atoms with E-state index in [1.165, 1.54) is 5.56 Å². The third kappa shape index (κ3) is 4.67. The standard InChI is InChI=1S/C17H24N2O2/c1-17(2,3)11-14(12-7-5-4-6-8-12)18-13-9-10-15(20)19-16(13)21/h4-8,13-14,18H,9-11H2,1-3H3,(H,19,20,21). The van der Waals surface area contributed by atoms with Crippen molar-refractivity contribution in [1.29, 1.82) is 0 Å². The molecule has 1 saturated heterocycles. The highest BCUT2D eigenvalue weighted by molar-refractivity contribution is 6.00. The number of carbonyl (C=O) groups is 2. The molecule has 0 radical (unpaired) electrons. The molecule has 0 saturated carbocycles. The highest BCUT2D eigenvalue weighted by atomic mass is 16.2. The molecule has 4 nitrogen and oxygen atoms in total. The van der Waals surface area contributed by atoms with Crippen molar-refractivity contribution >= 4 is 11.8 Å². The van der Waals surface area contributed by atoms with Crippen LogP contribution in [0, 0.1) is 5.41 Å². The normalized spacial score (nSPS) is 21.0. The molecule has 0 aliphatic carbocycles. The van der Waals surface area contributed by atoms with Gasteiger partial charge < -0.3 is 0 Å². The van der Waals surface area contributed by atoms with Gasteiger partial charge in [0.25, 0.3) is 0 Å². The lowest BCUT2D eigenvalue weighted by molar-refractivity contribution is -0.134. The van der Waals surface area contributed by atoms with Gasteiger partial charge in [-0.3, -0.25) is 20.2 Å². The largest absolute Gasteiger partial charge is 0.299 e. The van der Waals surface area contributed by atoms with Gasteiger partial charge >= 0.3 is 0 Å². The third-order valence-electron chi connectivity index (χ3n) is 3.66. The third-order valence-corrected chi connectivity index (χ3v) is 3.66. The molecule has 1 aliphatic rings. The van der Waals surface area contributed by atoms with Gasteiger partial charge in [0, 0.05) is 12.5 Å². The van der Waals surface area contributed by atoms with E-state index in [2.05, 4.69) is 43.5 Å². The number of piperidine rings is 1. The Bertz CT molecular complexity index is 505. The first-order valence-electron chi connectivity index (χ1n) is 7.50. The quantitative estimate of drug-likeness (QED) is 0.837. The summed E-state index contributed by atoms with van der Waals surface area (Å²) in [5.74, 6) is -0.383. The van der Waals surface area contributed by atoms with Crippen LogP contribution in [0.3, 0.4) is 0 Å². The maximum absolute atomic E-state index is 11.9. The molecule has 114 valence electrons. The molecule has 2 atom stereocenters. The Morgan fingerprint density at radius 3 is 2.48 bits per heavy atom. The van der Waals surface area contributed by atoms with Crippen LogP contribution in [0.5, 0.6) is 0 Å². The summed E-state index contributed by atoms with van der Waals surface area (Å²) in [6, 6.07) is 9.98. The lowest BCUT2D eigenvalue weighted by atomic mass is 9.85. The van der Waals surface area contributed by atoms with Crippen molar-refractivity contribution in [3.05, 3.63) is 35.9 Å². The number of hydrogen-bond donors (Lipinski definition) is 2. The van der Waals surface area contributed by atoms with Crippen LogP contribution < -0.4 is 10.6 Å². The average Bonchev–Trinajstić information content (AvgIpc) is 2.40. The zero-order valence-electron chi connectivity index (χ0n) is 13.0. The van der Waals surface area contributed by atoms with Crippen LogP contribution in [-0.2, 0) is 9.59 Å². The number of benzene rings is 1. The SMILES string of the molecule is CC(C)(C)CC(NC1CCC(=O)NC1=O)c1ccccc1. The van der Waals surface area contributed by atoms with E-state index in [1.807, 2.05) is 18.2 Å². The van der Waals surface area contributed by atoms with Gasteiger partial charge in [-0.15, -0.1) is 0 Å². The summed E-state index contributed by atoms with van der Waals surface area (Å²) in [6.45, 7) is 6.57. The highest BCUT2D eigenvalue weighted by Gasteiger charge is 2.30. The van der Waals surface area contributed by atoms with E-state index in [1.54, 1.807) is 0 Å². The van der Waals surface area contributed by atoms with E-state index in [9.17, 15) is 9.59 Å². The fourth-order valence-electron chi connectivity index (χ4n) is 2.67. The molecule has 1 fully saturated rings. The van der Waals surface area contributed by atoms with Gasteiger partial charge in [-0.05, 0) is 23.8 Å². The number of amides is 2. The molecule has 2 amide bonds. The van der Waals surface area contributed by atoms with Crippen molar-refractivity contribution in [1.82, 2.24) is 10.6 Å². The van der Waals surface area contributed by atoms with E-state index in [-0.39, 0.29) is 29.3 Å².